The summed E-state index contributed by atoms with van der Waals surface area (Å²) in [6.07, 6.45) is 0. The van der Waals surface area contributed by atoms with Crippen molar-refractivity contribution >= 4 is 22.6 Å². The number of aromatic amines is 1. The third kappa shape index (κ3) is 2.77. The highest BCUT2D eigenvalue weighted by Crippen LogP contribution is 2.36. The van der Waals surface area contributed by atoms with E-state index in [1.807, 2.05) is 37.3 Å². The fourth-order valence-electron chi connectivity index (χ4n) is 2.97. The van der Waals surface area contributed by atoms with E-state index in [1.54, 1.807) is 12.1 Å². The van der Waals surface area contributed by atoms with Gasteiger partial charge in [0.2, 0.25) is 0 Å². The Balaban J connectivity index is 1.94. The first-order chi connectivity index (χ1) is 12.2. The van der Waals surface area contributed by atoms with Gasteiger partial charge in [-0.1, -0.05) is 53.6 Å². The Bertz CT molecular complexity index is 1100. The summed E-state index contributed by atoms with van der Waals surface area (Å²) in [5, 5.41) is 9.61. The van der Waals surface area contributed by atoms with Crippen molar-refractivity contribution in [1.82, 2.24) is 9.97 Å². The number of aromatic nitrogens is 2. The van der Waals surface area contributed by atoms with Crippen molar-refractivity contribution in [1.29, 1.82) is 5.26 Å². The SMILES string of the molecule is Cc1ccc(-c2nc3ccccc3[nH]2)c(-c2ccc(C#N)cc2Cl)c1. The van der Waals surface area contributed by atoms with E-state index in [9.17, 15) is 0 Å². The zero-order valence-electron chi connectivity index (χ0n) is 13.5. The smallest absolute Gasteiger partial charge is 0.139 e. The molecule has 0 spiro atoms. The summed E-state index contributed by atoms with van der Waals surface area (Å²) >= 11 is 6.45. The second-order valence-corrected chi connectivity index (χ2v) is 6.37. The Kier molecular flexibility index (Phi) is 3.76. The fraction of sp³-hybridized carbons (Fsp3) is 0.0476. The van der Waals surface area contributed by atoms with Crippen molar-refractivity contribution < 1.29 is 0 Å². The maximum atomic E-state index is 9.06. The number of nitrogens with zero attached hydrogens (tertiary/aromatic N) is 2. The van der Waals surface area contributed by atoms with Crippen LogP contribution in [-0.4, -0.2) is 9.97 Å². The number of benzene rings is 3. The van der Waals surface area contributed by atoms with Crippen LogP contribution in [0.2, 0.25) is 5.02 Å². The van der Waals surface area contributed by atoms with Crippen molar-refractivity contribution in [2.75, 3.05) is 0 Å². The van der Waals surface area contributed by atoms with E-state index in [-0.39, 0.29) is 0 Å². The molecule has 0 saturated carbocycles. The van der Waals surface area contributed by atoms with Crippen LogP contribution in [0.4, 0.5) is 0 Å². The Morgan fingerprint density at radius 2 is 1.76 bits per heavy atom. The number of halogens is 1. The van der Waals surface area contributed by atoms with Crippen LogP contribution in [0.3, 0.4) is 0 Å². The predicted molar refractivity (Wildman–Crippen MR) is 101 cm³/mol. The lowest BCUT2D eigenvalue weighted by atomic mass is 9.96. The molecule has 25 heavy (non-hydrogen) atoms. The van der Waals surface area contributed by atoms with Gasteiger partial charge in [0, 0.05) is 16.1 Å². The first-order valence-electron chi connectivity index (χ1n) is 7.91. The number of hydrogen-bond donors (Lipinski definition) is 1. The number of aryl methyl sites for hydroxylation is 1. The van der Waals surface area contributed by atoms with Crippen LogP contribution in [0.1, 0.15) is 11.1 Å². The molecule has 0 saturated heterocycles. The maximum Gasteiger partial charge on any atom is 0.139 e. The summed E-state index contributed by atoms with van der Waals surface area (Å²) in [6.45, 7) is 2.05. The van der Waals surface area contributed by atoms with E-state index in [4.69, 9.17) is 21.8 Å². The van der Waals surface area contributed by atoms with E-state index in [1.165, 1.54) is 0 Å². The lowest BCUT2D eigenvalue weighted by molar-refractivity contribution is 1.33. The Morgan fingerprint density at radius 3 is 2.52 bits per heavy atom. The molecule has 0 radical (unpaired) electrons. The van der Waals surface area contributed by atoms with Gasteiger partial charge < -0.3 is 4.98 Å². The zero-order chi connectivity index (χ0) is 17.4. The van der Waals surface area contributed by atoms with E-state index < -0.39 is 0 Å². The fourth-order valence-corrected chi connectivity index (χ4v) is 3.25. The second-order valence-electron chi connectivity index (χ2n) is 5.96. The number of nitrogens with one attached hydrogen (secondary N) is 1. The van der Waals surface area contributed by atoms with Gasteiger partial charge in [0.05, 0.1) is 22.7 Å². The molecule has 4 heteroatoms. The van der Waals surface area contributed by atoms with Crippen LogP contribution in [0.25, 0.3) is 33.5 Å². The van der Waals surface area contributed by atoms with E-state index in [0.717, 1.165) is 39.1 Å². The van der Waals surface area contributed by atoms with Crippen molar-refractivity contribution in [2.24, 2.45) is 0 Å². The molecule has 0 amide bonds. The first-order valence-corrected chi connectivity index (χ1v) is 8.29. The molecule has 120 valence electrons. The van der Waals surface area contributed by atoms with Crippen molar-refractivity contribution in [2.45, 2.75) is 6.92 Å². The van der Waals surface area contributed by atoms with Crippen LogP contribution >= 0.6 is 11.6 Å². The zero-order valence-corrected chi connectivity index (χ0v) is 14.3. The molecule has 0 aliphatic carbocycles. The average molecular weight is 344 g/mol. The molecule has 4 aromatic rings. The Hall–Kier alpha value is -3.09. The standard InChI is InChI=1S/C21H14ClN3/c1-13-6-8-16(21-24-19-4-2-3-5-20(19)25-21)17(10-13)15-9-7-14(12-23)11-18(15)22/h2-11H,1H3,(H,24,25). The number of hydrogen-bond acceptors (Lipinski definition) is 2. The van der Waals surface area contributed by atoms with Gasteiger partial charge in [-0.25, -0.2) is 4.98 Å². The predicted octanol–water partition coefficient (Wildman–Crippen LogP) is 5.73. The minimum atomic E-state index is 0.548. The van der Waals surface area contributed by atoms with Crippen LogP contribution in [0, 0.1) is 18.3 Å². The molecule has 3 aromatic carbocycles. The molecule has 0 atom stereocenters. The second kappa shape index (κ2) is 6.08. The maximum absolute atomic E-state index is 9.06. The van der Waals surface area contributed by atoms with Crippen molar-refractivity contribution in [3.63, 3.8) is 0 Å². The summed E-state index contributed by atoms with van der Waals surface area (Å²) in [5.74, 6) is 0.802. The number of H-pyrrole nitrogens is 1. The molecular formula is C21H14ClN3. The van der Waals surface area contributed by atoms with E-state index in [2.05, 4.69) is 29.3 Å². The number of nitriles is 1. The molecule has 0 unspecified atom stereocenters. The third-order valence-electron chi connectivity index (χ3n) is 4.21. The lowest BCUT2D eigenvalue weighted by Crippen LogP contribution is -1.90. The first kappa shape index (κ1) is 15.4. The highest BCUT2D eigenvalue weighted by atomic mass is 35.5. The van der Waals surface area contributed by atoms with Gasteiger partial charge in [-0.2, -0.15) is 5.26 Å². The normalized spacial score (nSPS) is 10.8. The quantitative estimate of drug-likeness (QED) is 0.505. The van der Waals surface area contributed by atoms with Crippen LogP contribution in [0.5, 0.6) is 0 Å². The van der Waals surface area contributed by atoms with Gasteiger partial charge in [0.15, 0.2) is 0 Å². The molecule has 0 aliphatic heterocycles. The molecule has 1 aromatic heterocycles. The summed E-state index contributed by atoms with van der Waals surface area (Å²) in [5.41, 5.74) is 6.47. The minimum Gasteiger partial charge on any atom is -0.338 e. The largest absolute Gasteiger partial charge is 0.338 e. The Labute approximate surface area is 150 Å². The van der Waals surface area contributed by atoms with Gasteiger partial charge >= 0.3 is 0 Å². The number of imidazole rings is 1. The van der Waals surface area contributed by atoms with Gasteiger partial charge in [-0.15, -0.1) is 0 Å². The summed E-state index contributed by atoms with van der Waals surface area (Å²) in [6, 6.07) is 21.6. The number of rotatable bonds is 2. The molecule has 1 N–H and O–H groups in total. The van der Waals surface area contributed by atoms with Gasteiger partial charge in [-0.05, 0) is 36.8 Å². The molecule has 0 aliphatic rings. The van der Waals surface area contributed by atoms with Gasteiger partial charge in [-0.3, -0.25) is 0 Å². The average Bonchev–Trinajstić information content (AvgIpc) is 3.05. The summed E-state index contributed by atoms with van der Waals surface area (Å²) < 4.78 is 0. The highest BCUT2D eigenvalue weighted by Gasteiger charge is 2.14. The Morgan fingerprint density at radius 1 is 0.960 bits per heavy atom. The molecular weight excluding hydrogens is 330 g/mol. The number of fused-ring (bicyclic) bond motifs is 1. The number of para-hydroxylation sites is 2. The summed E-state index contributed by atoms with van der Waals surface area (Å²) in [7, 11) is 0. The van der Waals surface area contributed by atoms with Gasteiger partial charge in [0.25, 0.3) is 0 Å². The van der Waals surface area contributed by atoms with Crippen molar-refractivity contribution in [3.05, 3.63) is 76.8 Å². The van der Waals surface area contributed by atoms with Crippen LogP contribution < -0.4 is 0 Å². The lowest BCUT2D eigenvalue weighted by Gasteiger charge is -2.11. The summed E-state index contributed by atoms with van der Waals surface area (Å²) in [4.78, 5) is 8.09. The van der Waals surface area contributed by atoms with Crippen molar-refractivity contribution in [3.8, 4) is 28.6 Å². The monoisotopic (exact) mass is 343 g/mol. The minimum absolute atomic E-state index is 0.548. The molecule has 1 heterocycles. The highest BCUT2D eigenvalue weighted by molar-refractivity contribution is 6.33. The molecule has 0 bridgehead atoms. The topological polar surface area (TPSA) is 52.5 Å². The van der Waals surface area contributed by atoms with Crippen LogP contribution in [0.15, 0.2) is 60.7 Å². The molecule has 4 rings (SSSR count). The van der Waals surface area contributed by atoms with E-state index in [0.29, 0.717) is 10.6 Å². The third-order valence-corrected chi connectivity index (χ3v) is 4.52. The van der Waals surface area contributed by atoms with E-state index >= 15 is 0 Å². The molecule has 3 nitrogen and oxygen atoms in total. The van der Waals surface area contributed by atoms with Crippen LogP contribution in [-0.2, 0) is 0 Å². The molecule has 0 fully saturated rings. The van der Waals surface area contributed by atoms with Gasteiger partial charge in [0.1, 0.15) is 5.82 Å².